The Morgan fingerprint density at radius 2 is 1.82 bits per heavy atom. The Morgan fingerprint density at radius 3 is 2.41 bits per heavy atom. The van der Waals surface area contributed by atoms with Crippen LogP contribution in [0, 0.1) is 26.2 Å². The Labute approximate surface area is 104 Å². The lowest BCUT2D eigenvalue weighted by Gasteiger charge is -2.19. The fourth-order valence-electron chi connectivity index (χ4n) is 2.32. The fraction of sp³-hybridized carbons (Fsp3) is 0.600. The molecule has 0 spiro atoms. The predicted molar refractivity (Wildman–Crippen MR) is 71.5 cm³/mol. The van der Waals surface area contributed by atoms with Crippen LogP contribution in [0.15, 0.2) is 12.1 Å². The Balaban J connectivity index is 2.07. The molecule has 0 heterocycles. The molecule has 1 saturated carbocycles. The van der Waals surface area contributed by atoms with Gasteiger partial charge in [0, 0.05) is 5.41 Å². The Hall–Kier alpha value is -1.02. The summed E-state index contributed by atoms with van der Waals surface area (Å²) >= 11 is 0. The summed E-state index contributed by atoms with van der Waals surface area (Å²) in [6, 6.07) is 4.30. The normalized spacial score (nSPS) is 16.9. The van der Waals surface area contributed by atoms with Gasteiger partial charge in [-0.25, -0.2) is 0 Å². The molecule has 1 fully saturated rings. The van der Waals surface area contributed by atoms with Crippen molar-refractivity contribution in [2.75, 3.05) is 13.2 Å². The SMILES string of the molecule is Cc1ccc(C)c(OCC2(CCN)CC2)c1C. The molecule has 0 atom stereocenters. The fourth-order valence-corrected chi connectivity index (χ4v) is 2.32. The molecule has 94 valence electrons. The van der Waals surface area contributed by atoms with Crippen molar-refractivity contribution in [1.82, 2.24) is 0 Å². The topological polar surface area (TPSA) is 35.2 Å². The second-order valence-corrected chi connectivity index (χ2v) is 5.48. The van der Waals surface area contributed by atoms with Crippen molar-refractivity contribution in [1.29, 1.82) is 0 Å². The second-order valence-electron chi connectivity index (χ2n) is 5.48. The van der Waals surface area contributed by atoms with Crippen LogP contribution in [0.2, 0.25) is 0 Å². The highest BCUT2D eigenvalue weighted by Gasteiger charge is 2.42. The summed E-state index contributed by atoms with van der Waals surface area (Å²) in [7, 11) is 0. The van der Waals surface area contributed by atoms with Gasteiger partial charge in [-0.05, 0) is 63.3 Å². The van der Waals surface area contributed by atoms with Crippen LogP contribution < -0.4 is 10.5 Å². The molecular formula is C15H23NO. The summed E-state index contributed by atoms with van der Waals surface area (Å²) in [5.74, 6) is 1.08. The molecule has 1 aromatic rings. The molecule has 2 heteroatoms. The third-order valence-electron chi connectivity index (χ3n) is 4.03. The van der Waals surface area contributed by atoms with Gasteiger partial charge in [0.15, 0.2) is 0 Å². The Bertz CT molecular complexity index is 408. The molecule has 1 aliphatic rings. The smallest absolute Gasteiger partial charge is 0.125 e. The first-order valence-electron chi connectivity index (χ1n) is 6.48. The van der Waals surface area contributed by atoms with Crippen LogP contribution in [0.1, 0.15) is 36.0 Å². The van der Waals surface area contributed by atoms with Crippen molar-refractivity contribution >= 4 is 0 Å². The number of rotatable bonds is 5. The van der Waals surface area contributed by atoms with Crippen LogP contribution in [0.5, 0.6) is 5.75 Å². The minimum absolute atomic E-state index is 0.386. The predicted octanol–water partition coefficient (Wildman–Crippen LogP) is 3.12. The van der Waals surface area contributed by atoms with E-state index in [1.807, 2.05) is 0 Å². The first-order chi connectivity index (χ1) is 8.08. The first-order valence-corrected chi connectivity index (χ1v) is 6.48. The monoisotopic (exact) mass is 233 g/mol. The van der Waals surface area contributed by atoms with Crippen LogP contribution in [0.3, 0.4) is 0 Å². The summed E-state index contributed by atoms with van der Waals surface area (Å²) in [5, 5.41) is 0. The van der Waals surface area contributed by atoms with Crippen molar-refractivity contribution in [3.05, 3.63) is 28.8 Å². The van der Waals surface area contributed by atoms with Crippen molar-refractivity contribution in [3.8, 4) is 5.75 Å². The van der Waals surface area contributed by atoms with Crippen LogP contribution in [0.4, 0.5) is 0 Å². The standard InChI is InChI=1S/C15H23NO/c1-11-4-5-12(2)14(13(11)3)17-10-15(6-7-15)8-9-16/h4-5H,6-10,16H2,1-3H3. The molecule has 2 N–H and O–H groups in total. The van der Waals surface area contributed by atoms with Crippen molar-refractivity contribution in [2.45, 2.75) is 40.0 Å². The highest BCUT2D eigenvalue weighted by atomic mass is 16.5. The van der Waals surface area contributed by atoms with Gasteiger partial charge in [-0.15, -0.1) is 0 Å². The number of ether oxygens (including phenoxy) is 1. The molecule has 0 aliphatic heterocycles. The van der Waals surface area contributed by atoms with E-state index < -0.39 is 0 Å². The van der Waals surface area contributed by atoms with Gasteiger partial charge in [0.25, 0.3) is 0 Å². The van der Waals surface area contributed by atoms with E-state index in [0.29, 0.717) is 5.41 Å². The Morgan fingerprint density at radius 1 is 1.18 bits per heavy atom. The highest BCUT2D eigenvalue weighted by molar-refractivity contribution is 5.44. The summed E-state index contributed by atoms with van der Waals surface area (Å²) < 4.78 is 6.07. The van der Waals surface area contributed by atoms with Gasteiger partial charge in [-0.1, -0.05) is 12.1 Å². The maximum absolute atomic E-state index is 6.07. The van der Waals surface area contributed by atoms with E-state index in [0.717, 1.165) is 25.3 Å². The highest BCUT2D eigenvalue weighted by Crippen LogP contribution is 2.48. The molecule has 0 unspecified atom stereocenters. The van der Waals surface area contributed by atoms with Gasteiger partial charge >= 0.3 is 0 Å². The van der Waals surface area contributed by atoms with Crippen LogP contribution in [0.25, 0.3) is 0 Å². The van der Waals surface area contributed by atoms with E-state index >= 15 is 0 Å². The number of aryl methyl sites for hydroxylation is 2. The van der Waals surface area contributed by atoms with Gasteiger partial charge in [-0.3, -0.25) is 0 Å². The summed E-state index contributed by atoms with van der Waals surface area (Å²) in [6.45, 7) is 7.99. The first kappa shape index (κ1) is 12.4. The second kappa shape index (κ2) is 4.69. The van der Waals surface area contributed by atoms with Crippen LogP contribution in [-0.2, 0) is 0 Å². The molecular weight excluding hydrogens is 210 g/mol. The van der Waals surface area contributed by atoms with Gasteiger partial charge in [0.05, 0.1) is 6.61 Å². The van der Waals surface area contributed by atoms with E-state index in [1.165, 1.54) is 29.5 Å². The lowest BCUT2D eigenvalue weighted by Crippen LogP contribution is -2.18. The number of benzene rings is 1. The third-order valence-corrected chi connectivity index (χ3v) is 4.03. The minimum atomic E-state index is 0.386. The van der Waals surface area contributed by atoms with Gasteiger partial charge in [-0.2, -0.15) is 0 Å². The van der Waals surface area contributed by atoms with Crippen molar-refractivity contribution < 1.29 is 4.74 Å². The van der Waals surface area contributed by atoms with E-state index in [-0.39, 0.29) is 0 Å². The zero-order valence-corrected chi connectivity index (χ0v) is 11.2. The maximum Gasteiger partial charge on any atom is 0.125 e. The Kier molecular flexibility index (Phi) is 3.43. The van der Waals surface area contributed by atoms with E-state index in [1.54, 1.807) is 0 Å². The molecule has 0 saturated heterocycles. The lowest BCUT2D eigenvalue weighted by atomic mass is 10.0. The quantitative estimate of drug-likeness (QED) is 0.848. The molecule has 2 rings (SSSR count). The molecule has 1 aliphatic carbocycles. The minimum Gasteiger partial charge on any atom is -0.492 e. The molecule has 17 heavy (non-hydrogen) atoms. The zero-order chi connectivity index (χ0) is 12.5. The average molecular weight is 233 g/mol. The molecule has 0 radical (unpaired) electrons. The van der Waals surface area contributed by atoms with Gasteiger partial charge < -0.3 is 10.5 Å². The van der Waals surface area contributed by atoms with Crippen LogP contribution >= 0.6 is 0 Å². The van der Waals surface area contributed by atoms with Crippen LogP contribution in [-0.4, -0.2) is 13.2 Å². The molecule has 0 bridgehead atoms. The largest absolute Gasteiger partial charge is 0.492 e. The van der Waals surface area contributed by atoms with E-state index in [9.17, 15) is 0 Å². The van der Waals surface area contributed by atoms with Gasteiger partial charge in [0.1, 0.15) is 5.75 Å². The summed E-state index contributed by atoms with van der Waals surface area (Å²) in [4.78, 5) is 0. The van der Waals surface area contributed by atoms with E-state index in [2.05, 4.69) is 32.9 Å². The van der Waals surface area contributed by atoms with E-state index in [4.69, 9.17) is 10.5 Å². The molecule has 0 amide bonds. The average Bonchev–Trinajstić information content (AvgIpc) is 3.05. The number of hydrogen-bond acceptors (Lipinski definition) is 2. The lowest BCUT2D eigenvalue weighted by molar-refractivity contribution is 0.224. The third kappa shape index (κ3) is 2.63. The molecule has 2 nitrogen and oxygen atoms in total. The van der Waals surface area contributed by atoms with Crippen molar-refractivity contribution in [3.63, 3.8) is 0 Å². The number of hydrogen-bond donors (Lipinski definition) is 1. The maximum atomic E-state index is 6.07. The molecule has 1 aromatic carbocycles. The molecule has 0 aromatic heterocycles. The zero-order valence-electron chi connectivity index (χ0n) is 11.2. The summed E-state index contributed by atoms with van der Waals surface area (Å²) in [6.07, 6.45) is 3.64. The summed E-state index contributed by atoms with van der Waals surface area (Å²) in [5.41, 5.74) is 9.84. The van der Waals surface area contributed by atoms with Crippen molar-refractivity contribution in [2.24, 2.45) is 11.1 Å². The number of nitrogens with two attached hydrogens (primary N) is 1. The van der Waals surface area contributed by atoms with Gasteiger partial charge in [0.2, 0.25) is 0 Å².